The second kappa shape index (κ2) is 7.89. The van der Waals surface area contributed by atoms with E-state index in [1.807, 2.05) is 36.6 Å². The molecule has 0 aliphatic carbocycles. The highest BCUT2D eigenvalue weighted by Crippen LogP contribution is 2.31. The minimum Gasteiger partial charge on any atom is -0.376 e. The molecule has 0 spiro atoms. The van der Waals surface area contributed by atoms with Gasteiger partial charge in [-0.1, -0.05) is 17.7 Å². The van der Waals surface area contributed by atoms with Gasteiger partial charge in [-0.3, -0.25) is 10.1 Å². The number of carbonyl (C=O) groups excluding carboxylic acids is 1. The highest BCUT2D eigenvalue weighted by Gasteiger charge is 2.20. The van der Waals surface area contributed by atoms with Crippen LogP contribution in [0.25, 0.3) is 11.3 Å². The summed E-state index contributed by atoms with van der Waals surface area (Å²) in [7, 11) is 0. The van der Waals surface area contributed by atoms with Gasteiger partial charge in [0.05, 0.1) is 11.8 Å². The Morgan fingerprint density at radius 1 is 1.32 bits per heavy atom. The van der Waals surface area contributed by atoms with Crippen molar-refractivity contribution in [2.75, 3.05) is 11.9 Å². The maximum Gasteiger partial charge on any atom is 0.257 e. The third-order valence-corrected chi connectivity index (χ3v) is 6.02. The lowest BCUT2D eigenvalue weighted by atomic mass is 10.1. The number of carbonyl (C=O) groups is 1. The average molecular weight is 396 g/mol. The molecule has 6 heteroatoms. The number of rotatable bonds is 5. The molecule has 1 N–H and O–H groups in total. The first-order valence-corrected chi connectivity index (χ1v) is 10.5. The highest BCUT2D eigenvalue weighted by molar-refractivity contribution is 7.14. The molecule has 0 saturated carbocycles. The van der Waals surface area contributed by atoms with Crippen LogP contribution in [0.3, 0.4) is 0 Å². The number of nitrogens with one attached hydrogen (secondary N) is 1. The number of benzene rings is 1. The quantitative estimate of drug-likeness (QED) is 0.664. The molecule has 1 amide bonds. The van der Waals surface area contributed by atoms with Crippen LogP contribution in [-0.2, 0) is 11.3 Å². The zero-order valence-corrected chi connectivity index (χ0v) is 17.3. The molecule has 3 heterocycles. The predicted octanol–water partition coefficient (Wildman–Crippen LogP) is 4.97. The Bertz CT molecular complexity index is 999. The molecular formula is C22H25N3O2S. The van der Waals surface area contributed by atoms with Gasteiger partial charge in [0.1, 0.15) is 0 Å². The van der Waals surface area contributed by atoms with E-state index in [2.05, 4.69) is 34.8 Å². The van der Waals surface area contributed by atoms with Crippen LogP contribution in [0, 0.1) is 20.8 Å². The second-order valence-electron chi connectivity index (χ2n) is 7.39. The molecule has 1 aliphatic heterocycles. The normalized spacial score (nSPS) is 16.5. The zero-order valence-electron chi connectivity index (χ0n) is 16.5. The number of thiazole rings is 1. The van der Waals surface area contributed by atoms with E-state index in [9.17, 15) is 4.79 Å². The van der Waals surface area contributed by atoms with Crippen LogP contribution >= 0.6 is 11.3 Å². The topological polar surface area (TPSA) is 56.2 Å². The van der Waals surface area contributed by atoms with Crippen LogP contribution in [0.1, 0.15) is 40.2 Å². The van der Waals surface area contributed by atoms with Crippen LogP contribution in [0.4, 0.5) is 5.13 Å². The first-order valence-electron chi connectivity index (χ1n) is 9.63. The number of aromatic nitrogens is 2. The van der Waals surface area contributed by atoms with Crippen LogP contribution in [0.2, 0.25) is 0 Å². The molecule has 5 nitrogen and oxygen atoms in total. The first kappa shape index (κ1) is 18.9. The van der Waals surface area contributed by atoms with Crippen molar-refractivity contribution in [3.8, 4) is 11.3 Å². The van der Waals surface area contributed by atoms with Gasteiger partial charge in [-0.05, 0) is 51.8 Å². The van der Waals surface area contributed by atoms with Gasteiger partial charge < -0.3 is 9.30 Å². The van der Waals surface area contributed by atoms with Crippen molar-refractivity contribution >= 4 is 22.4 Å². The molecule has 28 heavy (non-hydrogen) atoms. The molecule has 4 rings (SSSR count). The van der Waals surface area contributed by atoms with E-state index < -0.39 is 0 Å². The number of hydrogen-bond acceptors (Lipinski definition) is 4. The number of ether oxygens (including phenoxy) is 1. The summed E-state index contributed by atoms with van der Waals surface area (Å²) in [5.74, 6) is -0.131. The molecule has 0 unspecified atom stereocenters. The Morgan fingerprint density at radius 3 is 2.93 bits per heavy atom. The van der Waals surface area contributed by atoms with Crippen molar-refractivity contribution in [3.05, 3.63) is 58.2 Å². The molecule has 2 aromatic heterocycles. The lowest BCUT2D eigenvalue weighted by Crippen LogP contribution is -2.16. The van der Waals surface area contributed by atoms with E-state index in [4.69, 9.17) is 4.74 Å². The van der Waals surface area contributed by atoms with E-state index >= 15 is 0 Å². The SMILES string of the molecule is Cc1cccc(C(=O)Nc2nc(-c3cc(C)n(C[C@H]4CCCO4)c3C)cs2)c1. The van der Waals surface area contributed by atoms with Crippen LogP contribution in [0.15, 0.2) is 35.7 Å². The molecule has 1 aromatic carbocycles. The standard InChI is InChI=1S/C22H25N3O2S/c1-14-6-4-7-17(10-14)21(26)24-22-23-20(13-28-22)19-11-15(2)25(16(19)3)12-18-8-5-9-27-18/h4,6-7,10-11,13,18H,5,8-9,12H2,1-3H3,(H,23,24,26)/t18-/m1/s1. The van der Waals surface area contributed by atoms with Crippen molar-refractivity contribution in [3.63, 3.8) is 0 Å². The molecule has 146 valence electrons. The number of anilines is 1. The second-order valence-corrected chi connectivity index (χ2v) is 8.25. The fourth-order valence-corrected chi connectivity index (χ4v) is 4.45. The van der Waals surface area contributed by atoms with Crippen LogP contribution in [-0.4, -0.2) is 28.2 Å². The fourth-order valence-electron chi connectivity index (χ4n) is 3.74. The van der Waals surface area contributed by atoms with Gasteiger partial charge in [-0.2, -0.15) is 0 Å². The number of hydrogen-bond donors (Lipinski definition) is 1. The summed E-state index contributed by atoms with van der Waals surface area (Å²) < 4.78 is 8.11. The largest absolute Gasteiger partial charge is 0.376 e. The molecule has 3 aromatic rings. The molecular weight excluding hydrogens is 370 g/mol. The monoisotopic (exact) mass is 395 g/mol. The van der Waals surface area contributed by atoms with Gasteiger partial charge >= 0.3 is 0 Å². The number of aryl methyl sites for hydroxylation is 2. The highest BCUT2D eigenvalue weighted by atomic mass is 32.1. The summed E-state index contributed by atoms with van der Waals surface area (Å²) in [6.45, 7) is 7.98. The van der Waals surface area contributed by atoms with Gasteiger partial charge in [-0.15, -0.1) is 11.3 Å². The van der Waals surface area contributed by atoms with Gasteiger partial charge in [-0.25, -0.2) is 4.98 Å². The van der Waals surface area contributed by atoms with Gasteiger partial charge in [0, 0.05) is 41.0 Å². The molecule has 1 atom stereocenters. The smallest absolute Gasteiger partial charge is 0.257 e. The average Bonchev–Trinajstić information content (AvgIpc) is 3.40. The summed E-state index contributed by atoms with van der Waals surface area (Å²) in [4.78, 5) is 17.1. The summed E-state index contributed by atoms with van der Waals surface area (Å²) in [6.07, 6.45) is 2.57. The maximum absolute atomic E-state index is 12.5. The number of amides is 1. The summed E-state index contributed by atoms with van der Waals surface area (Å²) >= 11 is 1.45. The van der Waals surface area contributed by atoms with E-state index in [0.29, 0.717) is 16.8 Å². The Kier molecular flexibility index (Phi) is 5.33. The molecule has 1 aliphatic rings. The summed E-state index contributed by atoms with van der Waals surface area (Å²) in [6, 6.07) is 9.73. The minimum atomic E-state index is -0.131. The van der Waals surface area contributed by atoms with Gasteiger partial charge in [0.2, 0.25) is 0 Å². The summed E-state index contributed by atoms with van der Waals surface area (Å²) in [5, 5.41) is 5.54. The van der Waals surface area contributed by atoms with E-state index in [1.165, 1.54) is 22.7 Å². The van der Waals surface area contributed by atoms with Crippen molar-refractivity contribution in [2.45, 2.75) is 46.3 Å². The zero-order chi connectivity index (χ0) is 19.7. The van der Waals surface area contributed by atoms with E-state index in [1.54, 1.807) is 0 Å². The van der Waals surface area contributed by atoms with Crippen molar-refractivity contribution < 1.29 is 9.53 Å². The molecule has 1 saturated heterocycles. The Morgan fingerprint density at radius 2 is 2.18 bits per heavy atom. The van der Waals surface area contributed by atoms with Crippen LogP contribution < -0.4 is 5.32 Å². The van der Waals surface area contributed by atoms with Gasteiger partial charge in [0.15, 0.2) is 5.13 Å². The Labute approximate surface area is 169 Å². The maximum atomic E-state index is 12.5. The van der Waals surface area contributed by atoms with Crippen molar-refractivity contribution in [1.82, 2.24) is 9.55 Å². The number of nitrogens with zero attached hydrogens (tertiary/aromatic N) is 2. The third-order valence-electron chi connectivity index (χ3n) is 5.26. The summed E-state index contributed by atoms with van der Waals surface area (Å²) in [5.41, 5.74) is 6.12. The lowest BCUT2D eigenvalue weighted by Gasteiger charge is -2.14. The third kappa shape index (κ3) is 3.88. The predicted molar refractivity (Wildman–Crippen MR) is 113 cm³/mol. The minimum absolute atomic E-state index is 0.131. The molecule has 0 bridgehead atoms. The van der Waals surface area contributed by atoms with Crippen molar-refractivity contribution in [2.24, 2.45) is 0 Å². The van der Waals surface area contributed by atoms with E-state index in [-0.39, 0.29) is 5.91 Å². The lowest BCUT2D eigenvalue weighted by molar-refractivity contribution is 0.0962. The first-order chi connectivity index (χ1) is 13.5. The fraction of sp³-hybridized carbons (Fsp3) is 0.364. The molecule has 1 fully saturated rings. The van der Waals surface area contributed by atoms with Crippen molar-refractivity contribution in [1.29, 1.82) is 0 Å². The Balaban J connectivity index is 1.52. The Hall–Kier alpha value is -2.44. The van der Waals surface area contributed by atoms with Gasteiger partial charge in [0.25, 0.3) is 5.91 Å². The van der Waals surface area contributed by atoms with E-state index in [0.717, 1.165) is 42.8 Å². The molecule has 0 radical (unpaired) electrons. The van der Waals surface area contributed by atoms with Crippen LogP contribution in [0.5, 0.6) is 0 Å².